The molecule has 6 nitrogen and oxygen atoms in total. The maximum absolute atomic E-state index is 13.2. The zero-order valence-electron chi connectivity index (χ0n) is 14.1. The van der Waals surface area contributed by atoms with Crippen molar-refractivity contribution in [3.63, 3.8) is 0 Å². The molecule has 2 heterocycles. The molecule has 1 aliphatic heterocycles. The molecule has 1 unspecified atom stereocenters. The van der Waals surface area contributed by atoms with E-state index in [0.717, 1.165) is 5.56 Å². The summed E-state index contributed by atoms with van der Waals surface area (Å²) in [4.78, 5) is 18.0. The number of hydrogen-bond acceptors (Lipinski definition) is 4. The quantitative estimate of drug-likeness (QED) is 0.695. The van der Waals surface area contributed by atoms with Gasteiger partial charge < -0.3 is 4.90 Å². The fraction of sp³-hybridized carbons (Fsp3) is 0.294. The van der Waals surface area contributed by atoms with Gasteiger partial charge in [0.1, 0.15) is 4.60 Å². The predicted octanol–water partition coefficient (Wildman–Crippen LogP) is 3.10. The van der Waals surface area contributed by atoms with E-state index in [-0.39, 0.29) is 23.4 Å². The van der Waals surface area contributed by atoms with Crippen molar-refractivity contribution >= 4 is 43.2 Å². The molecule has 1 amide bonds. The SMILES string of the molecule is CC(=O)N1c2cnc(Br)cc2N(S(=O)(=O)c2ccc(C)cc2)CC1C. The average Bonchev–Trinajstić information content (AvgIpc) is 2.54. The maximum Gasteiger partial charge on any atom is 0.264 e. The van der Waals surface area contributed by atoms with Gasteiger partial charge in [0.2, 0.25) is 5.91 Å². The Morgan fingerprint density at radius 3 is 2.48 bits per heavy atom. The molecule has 0 fully saturated rings. The maximum atomic E-state index is 13.2. The van der Waals surface area contributed by atoms with Crippen molar-refractivity contribution in [2.45, 2.75) is 31.7 Å². The molecule has 1 atom stereocenters. The van der Waals surface area contributed by atoms with Gasteiger partial charge in [-0.25, -0.2) is 13.4 Å². The Morgan fingerprint density at radius 2 is 1.88 bits per heavy atom. The van der Waals surface area contributed by atoms with Crippen LogP contribution in [0.2, 0.25) is 0 Å². The largest absolute Gasteiger partial charge is 0.305 e. The molecule has 2 aromatic rings. The number of fused-ring (bicyclic) bond motifs is 1. The van der Waals surface area contributed by atoms with Crippen LogP contribution in [0, 0.1) is 6.92 Å². The highest BCUT2D eigenvalue weighted by atomic mass is 79.9. The normalized spacial score (nSPS) is 17.4. The smallest absolute Gasteiger partial charge is 0.264 e. The summed E-state index contributed by atoms with van der Waals surface area (Å²) in [6.07, 6.45) is 1.52. The van der Waals surface area contributed by atoms with Gasteiger partial charge in [0.25, 0.3) is 10.0 Å². The zero-order valence-corrected chi connectivity index (χ0v) is 16.5. The van der Waals surface area contributed by atoms with Crippen molar-refractivity contribution in [1.29, 1.82) is 0 Å². The standard InChI is InChI=1S/C17H18BrN3O3S/c1-11-4-6-14(7-5-11)25(23,24)20-10-12(2)21(13(3)22)16-9-19-17(18)8-15(16)20/h4-9,12H,10H2,1-3H3. The number of aromatic nitrogens is 1. The van der Waals surface area contributed by atoms with E-state index in [4.69, 9.17) is 0 Å². The van der Waals surface area contributed by atoms with E-state index in [9.17, 15) is 13.2 Å². The molecule has 8 heteroatoms. The average molecular weight is 424 g/mol. The Hall–Kier alpha value is -1.93. The summed E-state index contributed by atoms with van der Waals surface area (Å²) in [5.74, 6) is -0.148. The van der Waals surface area contributed by atoms with Crippen LogP contribution in [-0.2, 0) is 14.8 Å². The van der Waals surface area contributed by atoms with E-state index >= 15 is 0 Å². The van der Waals surface area contributed by atoms with Crippen LogP contribution in [0.3, 0.4) is 0 Å². The van der Waals surface area contributed by atoms with Crippen LogP contribution in [0.5, 0.6) is 0 Å². The van der Waals surface area contributed by atoms with Gasteiger partial charge >= 0.3 is 0 Å². The zero-order chi connectivity index (χ0) is 18.4. The van der Waals surface area contributed by atoms with Crippen LogP contribution >= 0.6 is 15.9 Å². The summed E-state index contributed by atoms with van der Waals surface area (Å²) in [7, 11) is -3.74. The van der Waals surface area contributed by atoms with E-state index in [1.54, 1.807) is 35.2 Å². The van der Waals surface area contributed by atoms with E-state index in [2.05, 4.69) is 20.9 Å². The molecule has 0 N–H and O–H groups in total. The molecule has 1 aromatic carbocycles. The summed E-state index contributed by atoms with van der Waals surface area (Å²) in [5, 5.41) is 0. The fourth-order valence-electron chi connectivity index (χ4n) is 3.00. The van der Waals surface area contributed by atoms with E-state index < -0.39 is 10.0 Å². The minimum absolute atomic E-state index is 0.148. The van der Waals surface area contributed by atoms with Crippen molar-refractivity contribution in [2.24, 2.45) is 0 Å². The minimum atomic E-state index is -3.74. The van der Waals surface area contributed by atoms with Gasteiger partial charge in [-0.1, -0.05) is 17.7 Å². The second kappa shape index (κ2) is 6.42. The molecular formula is C17H18BrN3O3S. The summed E-state index contributed by atoms with van der Waals surface area (Å²) in [6.45, 7) is 5.37. The number of amides is 1. The van der Waals surface area contributed by atoms with Crippen LogP contribution in [0.25, 0.3) is 0 Å². The molecule has 0 radical (unpaired) electrons. The first kappa shape index (κ1) is 17.9. The Balaban J connectivity index is 2.17. The van der Waals surface area contributed by atoms with Crippen LogP contribution < -0.4 is 9.21 Å². The lowest BCUT2D eigenvalue weighted by atomic mass is 10.1. The summed E-state index contributed by atoms with van der Waals surface area (Å²) in [5.41, 5.74) is 1.92. The third kappa shape index (κ3) is 3.16. The van der Waals surface area contributed by atoms with Gasteiger partial charge in [-0.3, -0.25) is 9.10 Å². The van der Waals surface area contributed by atoms with Crippen LogP contribution in [-0.4, -0.2) is 31.9 Å². The number of pyridine rings is 1. The van der Waals surface area contributed by atoms with Crippen molar-refractivity contribution in [3.8, 4) is 0 Å². The Bertz CT molecular complexity index is 929. The first-order valence-corrected chi connectivity index (χ1v) is 10.00. The lowest BCUT2D eigenvalue weighted by Gasteiger charge is -2.40. The second-order valence-electron chi connectivity index (χ2n) is 6.08. The number of rotatable bonds is 2. The number of anilines is 2. The third-order valence-corrected chi connectivity index (χ3v) is 6.40. The van der Waals surface area contributed by atoms with Gasteiger partial charge in [0, 0.05) is 6.92 Å². The molecule has 0 saturated heterocycles. The molecule has 132 valence electrons. The number of carbonyl (C=O) groups is 1. The van der Waals surface area contributed by atoms with E-state index in [0.29, 0.717) is 16.0 Å². The molecule has 3 rings (SSSR count). The van der Waals surface area contributed by atoms with Crippen molar-refractivity contribution in [1.82, 2.24) is 4.98 Å². The molecule has 1 aliphatic rings. The second-order valence-corrected chi connectivity index (χ2v) is 8.76. The lowest BCUT2D eigenvalue weighted by molar-refractivity contribution is -0.117. The number of nitrogens with zero attached hydrogens (tertiary/aromatic N) is 3. The topological polar surface area (TPSA) is 70.6 Å². The molecule has 0 saturated carbocycles. The van der Waals surface area contributed by atoms with Crippen LogP contribution in [0.1, 0.15) is 19.4 Å². The van der Waals surface area contributed by atoms with Crippen LogP contribution in [0.4, 0.5) is 11.4 Å². The van der Waals surface area contributed by atoms with E-state index in [1.807, 2.05) is 13.8 Å². The van der Waals surface area contributed by atoms with Gasteiger partial charge in [0.05, 0.1) is 35.1 Å². The van der Waals surface area contributed by atoms with Gasteiger partial charge in [-0.2, -0.15) is 0 Å². The Labute approximate surface area is 155 Å². The number of aryl methyl sites for hydroxylation is 1. The lowest BCUT2D eigenvalue weighted by Crippen LogP contribution is -2.51. The Kier molecular flexibility index (Phi) is 4.59. The molecule has 0 bridgehead atoms. The highest BCUT2D eigenvalue weighted by molar-refractivity contribution is 9.10. The fourth-order valence-corrected chi connectivity index (χ4v) is 4.87. The van der Waals surface area contributed by atoms with Gasteiger partial charge in [0.15, 0.2) is 0 Å². The van der Waals surface area contributed by atoms with E-state index in [1.165, 1.54) is 17.4 Å². The number of benzene rings is 1. The predicted molar refractivity (Wildman–Crippen MR) is 100 cm³/mol. The molecule has 1 aromatic heterocycles. The summed E-state index contributed by atoms with van der Waals surface area (Å²) < 4.78 is 28.2. The Morgan fingerprint density at radius 1 is 1.24 bits per heavy atom. The monoisotopic (exact) mass is 423 g/mol. The van der Waals surface area contributed by atoms with Crippen molar-refractivity contribution in [2.75, 3.05) is 15.7 Å². The minimum Gasteiger partial charge on any atom is -0.305 e. The number of sulfonamides is 1. The van der Waals surface area contributed by atoms with Crippen molar-refractivity contribution < 1.29 is 13.2 Å². The highest BCUT2D eigenvalue weighted by Gasteiger charge is 2.37. The van der Waals surface area contributed by atoms with Crippen molar-refractivity contribution in [3.05, 3.63) is 46.7 Å². The summed E-state index contributed by atoms with van der Waals surface area (Å²) >= 11 is 3.29. The van der Waals surface area contributed by atoms with Crippen LogP contribution in [0.15, 0.2) is 46.0 Å². The highest BCUT2D eigenvalue weighted by Crippen LogP contribution is 2.39. The number of hydrogen-bond donors (Lipinski definition) is 0. The third-order valence-electron chi connectivity index (χ3n) is 4.18. The molecular weight excluding hydrogens is 406 g/mol. The van der Waals surface area contributed by atoms with Gasteiger partial charge in [-0.05, 0) is 48.0 Å². The van der Waals surface area contributed by atoms with Gasteiger partial charge in [-0.15, -0.1) is 0 Å². The number of halogens is 1. The first-order valence-electron chi connectivity index (χ1n) is 7.76. The molecule has 25 heavy (non-hydrogen) atoms. The number of carbonyl (C=O) groups excluding carboxylic acids is 1. The molecule has 0 aliphatic carbocycles. The summed E-state index contributed by atoms with van der Waals surface area (Å²) in [6, 6.07) is 8.07. The first-order chi connectivity index (χ1) is 11.7. The molecule has 0 spiro atoms.